The molecule has 0 saturated heterocycles. The topological polar surface area (TPSA) is 41.1 Å². The molecule has 1 atom stereocenters. The van der Waals surface area contributed by atoms with Crippen molar-refractivity contribution in [2.45, 2.75) is 26.3 Å². The molecule has 16 heavy (non-hydrogen) atoms. The zero-order chi connectivity index (χ0) is 11.3. The van der Waals surface area contributed by atoms with E-state index in [-0.39, 0.29) is 18.3 Å². The highest BCUT2D eigenvalue weighted by molar-refractivity contribution is 7.12. The van der Waals surface area contributed by atoms with Crippen molar-refractivity contribution in [3.8, 4) is 0 Å². The maximum atomic E-state index is 11.5. The van der Waals surface area contributed by atoms with Crippen LogP contribution in [0.3, 0.4) is 0 Å². The molecule has 3 nitrogen and oxygen atoms in total. The Morgan fingerprint density at radius 3 is 2.69 bits per heavy atom. The van der Waals surface area contributed by atoms with E-state index in [1.165, 1.54) is 4.88 Å². The first kappa shape index (κ1) is 15.4. The highest BCUT2D eigenvalue weighted by Gasteiger charge is 2.06. The molecule has 0 aliphatic rings. The van der Waals surface area contributed by atoms with E-state index in [4.69, 9.17) is 0 Å². The molecule has 92 valence electrons. The fourth-order valence-electron chi connectivity index (χ4n) is 1.17. The number of hydrogen-bond acceptors (Lipinski definition) is 3. The Labute approximate surface area is 107 Å². The van der Waals surface area contributed by atoms with Crippen molar-refractivity contribution in [3.05, 3.63) is 21.9 Å². The summed E-state index contributed by atoms with van der Waals surface area (Å²) < 4.78 is 0. The molecular formula is C11H19ClN2OS. The minimum absolute atomic E-state index is 0. The smallest absolute Gasteiger partial charge is 0.225 e. The van der Waals surface area contributed by atoms with Crippen molar-refractivity contribution in [1.82, 2.24) is 10.6 Å². The molecule has 1 heterocycles. The second-order valence-corrected chi connectivity index (χ2v) is 5.06. The largest absolute Gasteiger partial charge is 0.354 e. The maximum absolute atomic E-state index is 11.5. The molecule has 0 bridgehead atoms. The van der Waals surface area contributed by atoms with Crippen LogP contribution in [0, 0.1) is 6.92 Å². The second kappa shape index (κ2) is 7.65. The number of amides is 1. The van der Waals surface area contributed by atoms with Gasteiger partial charge in [0.15, 0.2) is 0 Å². The first-order valence-electron chi connectivity index (χ1n) is 5.11. The van der Waals surface area contributed by atoms with E-state index in [1.807, 2.05) is 26.1 Å². The summed E-state index contributed by atoms with van der Waals surface area (Å²) in [6.07, 6.45) is 0.495. The number of nitrogens with one attached hydrogen (secondary N) is 2. The third kappa shape index (κ3) is 5.49. The summed E-state index contributed by atoms with van der Waals surface area (Å²) in [4.78, 5) is 13.9. The molecule has 0 aliphatic heterocycles. The number of carbonyl (C=O) groups is 1. The van der Waals surface area contributed by atoms with Crippen LogP contribution in [0.25, 0.3) is 0 Å². The fourth-order valence-corrected chi connectivity index (χ4v) is 2.06. The number of thiophene rings is 1. The zero-order valence-electron chi connectivity index (χ0n) is 9.87. The predicted octanol–water partition coefficient (Wildman–Crippen LogP) is 1.74. The summed E-state index contributed by atoms with van der Waals surface area (Å²) in [6.45, 7) is 4.77. The van der Waals surface area contributed by atoms with Gasteiger partial charge >= 0.3 is 0 Å². The Kier molecular flexibility index (Phi) is 7.38. The van der Waals surface area contributed by atoms with Crippen molar-refractivity contribution in [1.29, 1.82) is 0 Å². The summed E-state index contributed by atoms with van der Waals surface area (Å²) in [5.41, 5.74) is 0. The number of hydrogen-bond donors (Lipinski definition) is 2. The normalized spacial score (nSPS) is 11.7. The van der Waals surface area contributed by atoms with Crippen LogP contribution in [0.2, 0.25) is 0 Å². The zero-order valence-corrected chi connectivity index (χ0v) is 11.5. The molecule has 0 fully saturated rings. The molecule has 1 amide bonds. The average molecular weight is 263 g/mol. The highest BCUT2D eigenvalue weighted by atomic mass is 35.5. The number of likely N-dealkylation sites (N-methyl/N-ethyl adjacent to an activating group) is 1. The predicted molar refractivity (Wildman–Crippen MR) is 71.5 cm³/mol. The quantitative estimate of drug-likeness (QED) is 0.849. The third-order valence-electron chi connectivity index (χ3n) is 2.23. The molecule has 1 unspecified atom stereocenters. The van der Waals surface area contributed by atoms with E-state index in [2.05, 4.69) is 17.6 Å². The van der Waals surface area contributed by atoms with E-state index in [0.717, 1.165) is 4.88 Å². The van der Waals surface area contributed by atoms with Crippen molar-refractivity contribution >= 4 is 29.7 Å². The summed E-state index contributed by atoms with van der Waals surface area (Å²) >= 11 is 1.68. The van der Waals surface area contributed by atoms with Gasteiger partial charge in [0, 0.05) is 22.3 Å². The lowest BCUT2D eigenvalue weighted by Crippen LogP contribution is -2.37. The summed E-state index contributed by atoms with van der Waals surface area (Å²) in [5, 5.41) is 5.97. The number of aryl methyl sites for hydroxylation is 1. The Hall–Kier alpha value is -0.580. The number of halogens is 1. The third-order valence-corrected chi connectivity index (χ3v) is 3.23. The number of carbonyl (C=O) groups excluding carboxylic acids is 1. The van der Waals surface area contributed by atoms with E-state index in [0.29, 0.717) is 19.0 Å². The van der Waals surface area contributed by atoms with E-state index >= 15 is 0 Å². The van der Waals surface area contributed by atoms with Crippen LogP contribution in [-0.4, -0.2) is 25.5 Å². The van der Waals surface area contributed by atoms with E-state index in [9.17, 15) is 4.79 Å². The van der Waals surface area contributed by atoms with Crippen LogP contribution in [0.15, 0.2) is 12.1 Å². The molecule has 5 heteroatoms. The molecule has 1 rings (SSSR count). The highest BCUT2D eigenvalue weighted by Crippen LogP contribution is 2.15. The Balaban J connectivity index is 0.00000225. The molecule has 0 saturated carbocycles. The molecule has 1 aromatic rings. The Bertz CT molecular complexity index is 328. The molecule has 0 aliphatic carbocycles. The maximum Gasteiger partial charge on any atom is 0.225 e. The van der Waals surface area contributed by atoms with Gasteiger partial charge in [0.2, 0.25) is 5.91 Å². The van der Waals surface area contributed by atoms with Gasteiger partial charge in [-0.05, 0) is 33.0 Å². The van der Waals surface area contributed by atoms with Gasteiger partial charge in [-0.1, -0.05) is 0 Å². The Morgan fingerprint density at radius 1 is 1.50 bits per heavy atom. The van der Waals surface area contributed by atoms with E-state index in [1.54, 1.807) is 11.3 Å². The molecular weight excluding hydrogens is 244 g/mol. The monoisotopic (exact) mass is 262 g/mol. The standard InChI is InChI=1S/C11H18N2OS.ClH/c1-8(12-3)7-13-11(14)6-10-5-4-9(2)15-10;/h4-5,8,12H,6-7H2,1-3H3,(H,13,14);1H. The van der Waals surface area contributed by atoms with Crippen molar-refractivity contribution in [2.75, 3.05) is 13.6 Å². The second-order valence-electron chi connectivity index (χ2n) is 3.68. The molecule has 0 aromatic carbocycles. The fraction of sp³-hybridized carbons (Fsp3) is 0.545. The van der Waals surface area contributed by atoms with Crippen LogP contribution in [-0.2, 0) is 11.2 Å². The minimum atomic E-state index is 0. The lowest BCUT2D eigenvalue weighted by molar-refractivity contribution is -0.120. The van der Waals surface area contributed by atoms with Gasteiger partial charge in [0.05, 0.1) is 6.42 Å². The van der Waals surface area contributed by atoms with Gasteiger partial charge in [-0.15, -0.1) is 23.7 Å². The van der Waals surface area contributed by atoms with Crippen LogP contribution in [0.1, 0.15) is 16.7 Å². The van der Waals surface area contributed by atoms with Crippen LogP contribution >= 0.6 is 23.7 Å². The van der Waals surface area contributed by atoms with Gasteiger partial charge in [-0.3, -0.25) is 4.79 Å². The molecule has 1 aromatic heterocycles. The van der Waals surface area contributed by atoms with Gasteiger partial charge in [0.1, 0.15) is 0 Å². The van der Waals surface area contributed by atoms with Crippen molar-refractivity contribution in [2.24, 2.45) is 0 Å². The average Bonchev–Trinajstić information content (AvgIpc) is 2.60. The summed E-state index contributed by atoms with van der Waals surface area (Å²) in [7, 11) is 1.89. The van der Waals surface area contributed by atoms with Gasteiger partial charge in [0.25, 0.3) is 0 Å². The summed E-state index contributed by atoms with van der Waals surface area (Å²) in [5.74, 6) is 0.0963. The van der Waals surface area contributed by atoms with Crippen LogP contribution < -0.4 is 10.6 Å². The van der Waals surface area contributed by atoms with Crippen molar-refractivity contribution in [3.63, 3.8) is 0 Å². The van der Waals surface area contributed by atoms with Gasteiger partial charge < -0.3 is 10.6 Å². The molecule has 0 radical (unpaired) electrons. The minimum Gasteiger partial charge on any atom is -0.354 e. The van der Waals surface area contributed by atoms with Crippen LogP contribution in [0.5, 0.6) is 0 Å². The van der Waals surface area contributed by atoms with Gasteiger partial charge in [-0.25, -0.2) is 0 Å². The first-order valence-corrected chi connectivity index (χ1v) is 5.92. The van der Waals surface area contributed by atoms with Crippen LogP contribution in [0.4, 0.5) is 0 Å². The van der Waals surface area contributed by atoms with Crippen molar-refractivity contribution < 1.29 is 4.79 Å². The summed E-state index contributed by atoms with van der Waals surface area (Å²) in [6, 6.07) is 4.38. The van der Waals surface area contributed by atoms with E-state index < -0.39 is 0 Å². The lowest BCUT2D eigenvalue weighted by Gasteiger charge is -2.10. The van der Waals surface area contributed by atoms with Gasteiger partial charge in [-0.2, -0.15) is 0 Å². The lowest BCUT2D eigenvalue weighted by atomic mass is 10.3. The molecule has 2 N–H and O–H groups in total. The number of rotatable bonds is 5. The molecule has 0 spiro atoms. The Morgan fingerprint density at radius 2 is 2.19 bits per heavy atom. The SMILES string of the molecule is CNC(C)CNC(=O)Cc1ccc(C)s1.Cl. The first-order chi connectivity index (χ1) is 7.11.